The maximum absolute atomic E-state index is 12.3. The summed E-state index contributed by atoms with van der Waals surface area (Å²) in [5, 5.41) is 0.570. The zero-order chi connectivity index (χ0) is 20.1. The van der Waals surface area contributed by atoms with Crippen molar-refractivity contribution in [2.45, 2.75) is 0 Å². The Kier molecular flexibility index (Phi) is 5.90. The van der Waals surface area contributed by atoms with Crippen LogP contribution < -0.4 is 21.2 Å². The van der Waals surface area contributed by atoms with Crippen LogP contribution in [0.3, 0.4) is 0 Å². The molecule has 2 N–H and O–H groups in total. The number of carbonyl (C=O) groups is 2. The molecule has 7 nitrogen and oxygen atoms in total. The van der Waals surface area contributed by atoms with Crippen LogP contribution in [0.2, 0.25) is 0 Å². The van der Waals surface area contributed by atoms with Crippen molar-refractivity contribution in [1.29, 1.82) is 0 Å². The molecule has 0 aliphatic carbocycles. The number of hydrogen-bond acceptors (Lipinski definition) is 5. The highest BCUT2D eigenvalue weighted by Crippen LogP contribution is 2.19. The van der Waals surface area contributed by atoms with Crippen molar-refractivity contribution in [1.82, 2.24) is 10.9 Å². The molecule has 0 aliphatic rings. The van der Waals surface area contributed by atoms with Gasteiger partial charge in [-0.2, -0.15) is 0 Å². The lowest BCUT2D eigenvalue weighted by Crippen LogP contribution is -2.43. The van der Waals surface area contributed by atoms with Crippen LogP contribution in [0.4, 0.5) is 0 Å². The zero-order valence-corrected chi connectivity index (χ0v) is 16.1. The van der Waals surface area contributed by atoms with Gasteiger partial charge >= 0.3 is 5.63 Å². The molecular weight excluding hydrogens is 428 g/mol. The maximum atomic E-state index is 12.3. The van der Waals surface area contributed by atoms with Crippen molar-refractivity contribution in [3.8, 4) is 5.75 Å². The van der Waals surface area contributed by atoms with E-state index in [1.807, 2.05) is 0 Å². The van der Waals surface area contributed by atoms with Gasteiger partial charge in [-0.15, -0.1) is 0 Å². The fraction of sp³-hybridized carbons (Fsp3) is 0.0500. The van der Waals surface area contributed by atoms with Crippen molar-refractivity contribution < 1.29 is 18.7 Å². The molecule has 8 heteroatoms. The molecule has 0 unspecified atom stereocenters. The van der Waals surface area contributed by atoms with Crippen molar-refractivity contribution in [3.05, 3.63) is 87.2 Å². The second kappa shape index (κ2) is 8.53. The third-order valence-electron chi connectivity index (χ3n) is 3.71. The summed E-state index contributed by atoms with van der Waals surface area (Å²) in [7, 11) is 0. The molecule has 0 saturated heterocycles. The van der Waals surface area contributed by atoms with E-state index < -0.39 is 17.4 Å². The van der Waals surface area contributed by atoms with Gasteiger partial charge < -0.3 is 9.15 Å². The molecule has 1 aromatic heterocycles. The third-order valence-corrected chi connectivity index (χ3v) is 4.21. The molecule has 3 rings (SSSR count). The Hall–Kier alpha value is -3.39. The lowest BCUT2D eigenvalue weighted by Gasteiger charge is -2.08. The van der Waals surface area contributed by atoms with Gasteiger partial charge in [-0.05, 0) is 48.5 Å². The zero-order valence-electron chi connectivity index (χ0n) is 14.5. The number of halogens is 1. The molecule has 1 heterocycles. The van der Waals surface area contributed by atoms with Gasteiger partial charge in [0.1, 0.15) is 23.5 Å². The van der Waals surface area contributed by atoms with Crippen LogP contribution in [0.15, 0.2) is 74.9 Å². The molecule has 2 amide bonds. The third kappa shape index (κ3) is 4.47. The highest BCUT2D eigenvalue weighted by Gasteiger charge is 2.15. The molecule has 0 saturated carbocycles. The molecule has 0 fully saturated rings. The van der Waals surface area contributed by atoms with E-state index >= 15 is 0 Å². The summed E-state index contributed by atoms with van der Waals surface area (Å²) in [4.78, 5) is 36.5. The number of fused-ring (bicyclic) bond motifs is 1. The summed E-state index contributed by atoms with van der Waals surface area (Å²) in [6.07, 6.45) is 1.61. The van der Waals surface area contributed by atoms with E-state index in [1.165, 1.54) is 6.07 Å². The Balaban J connectivity index is 1.68. The Labute approximate surface area is 168 Å². The van der Waals surface area contributed by atoms with Crippen LogP contribution in [-0.2, 0) is 0 Å². The Morgan fingerprint density at radius 1 is 1.07 bits per heavy atom. The van der Waals surface area contributed by atoms with E-state index in [0.29, 0.717) is 28.9 Å². The summed E-state index contributed by atoms with van der Waals surface area (Å²) in [5.74, 6) is -0.744. The number of benzene rings is 2. The number of rotatable bonds is 5. The van der Waals surface area contributed by atoms with Crippen LogP contribution in [0.5, 0.6) is 5.75 Å². The molecule has 0 spiro atoms. The second-order valence-electron chi connectivity index (χ2n) is 5.66. The largest absolute Gasteiger partial charge is 0.490 e. The van der Waals surface area contributed by atoms with E-state index in [1.54, 1.807) is 48.5 Å². The quantitative estimate of drug-likeness (QED) is 0.359. The number of carbonyl (C=O) groups excluding carboxylic acids is 2. The van der Waals surface area contributed by atoms with Crippen LogP contribution >= 0.6 is 15.9 Å². The minimum atomic E-state index is -0.801. The number of amides is 2. The van der Waals surface area contributed by atoms with Gasteiger partial charge in [0.25, 0.3) is 11.8 Å². The molecule has 142 valence electrons. The van der Waals surface area contributed by atoms with E-state index in [2.05, 4.69) is 33.4 Å². The molecule has 0 atom stereocenters. The standard InChI is InChI=1S/C20H15BrN2O5/c1-2-9-27-15-6-3-12(4-7-15)18(24)22-23-19(25)16-11-13-10-14(21)5-8-17(13)28-20(16)26/h2-8,10-11H,1,9H2,(H,22,24)(H,23,25). The number of hydrogen-bond donors (Lipinski definition) is 2. The minimum absolute atomic E-state index is 0.223. The first-order valence-corrected chi connectivity index (χ1v) is 8.95. The fourth-order valence-electron chi connectivity index (χ4n) is 2.36. The molecule has 0 aliphatic heterocycles. The Morgan fingerprint density at radius 3 is 2.50 bits per heavy atom. The van der Waals surface area contributed by atoms with Gasteiger partial charge in [-0.25, -0.2) is 4.79 Å². The topological polar surface area (TPSA) is 97.6 Å². The van der Waals surface area contributed by atoms with Crippen LogP contribution in [0.1, 0.15) is 20.7 Å². The second-order valence-corrected chi connectivity index (χ2v) is 6.58. The molecule has 28 heavy (non-hydrogen) atoms. The molecule has 0 bridgehead atoms. The van der Waals surface area contributed by atoms with Crippen LogP contribution in [-0.4, -0.2) is 18.4 Å². The normalized spacial score (nSPS) is 10.3. The van der Waals surface area contributed by atoms with Crippen molar-refractivity contribution in [2.75, 3.05) is 6.61 Å². The highest BCUT2D eigenvalue weighted by molar-refractivity contribution is 9.10. The summed E-state index contributed by atoms with van der Waals surface area (Å²) >= 11 is 3.32. The predicted molar refractivity (Wildman–Crippen MR) is 107 cm³/mol. The lowest BCUT2D eigenvalue weighted by molar-refractivity contribution is 0.0844. The Morgan fingerprint density at radius 2 is 1.79 bits per heavy atom. The number of hydrazine groups is 1. The Bertz CT molecular complexity index is 1110. The van der Waals surface area contributed by atoms with Crippen LogP contribution in [0, 0.1) is 0 Å². The van der Waals surface area contributed by atoms with Crippen molar-refractivity contribution >= 4 is 38.7 Å². The average Bonchev–Trinajstić information content (AvgIpc) is 2.70. The first-order valence-electron chi connectivity index (χ1n) is 8.16. The SMILES string of the molecule is C=CCOc1ccc(C(=O)NNC(=O)c2cc3cc(Br)ccc3oc2=O)cc1. The van der Waals surface area contributed by atoms with Gasteiger partial charge in [0.2, 0.25) is 0 Å². The summed E-state index contributed by atoms with van der Waals surface area (Å²) < 4.78 is 11.2. The molecule has 3 aromatic rings. The first-order chi connectivity index (χ1) is 13.5. The molecule has 2 aromatic carbocycles. The number of nitrogens with one attached hydrogen (secondary N) is 2. The maximum Gasteiger partial charge on any atom is 0.349 e. The van der Waals surface area contributed by atoms with Gasteiger partial charge in [0, 0.05) is 15.4 Å². The number of ether oxygens (including phenoxy) is 1. The average molecular weight is 443 g/mol. The molecule has 0 radical (unpaired) electrons. The van der Waals surface area contributed by atoms with Crippen LogP contribution in [0.25, 0.3) is 11.0 Å². The van der Waals surface area contributed by atoms with E-state index in [9.17, 15) is 14.4 Å². The predicted octanol–water partition coefficient (Wildman–Crippen LogP) is 3.20. The smallest absolute Gasteiger partial charge is 0.349 e. The molecular formula is C20H15BrN2O5. The summed E-state index contributed by atoms with van der Waals surface area (Å²) in [5.41, 5.74) is 4.11. The van der Waals surface area contributed by atoms with Gasteiger partial charge in [-0.1, -0.05) is 28.6 Å². The van der Waals surface area contributed by atoms with E-state index in [0.717, 1.165) is 4.47 Å². The van der Waals surface area contributed by atoms with E-state index in [-0.39, 0.29) is 5.56 Å². The summed E-state index contributed by atoms with van der Waals surface area (Å²) in [6, 6.07) is 12.8. The van der Waals surface area contributed by atoms with Crippen molar-refractivity contribution in [2.24, 2.45) is 0 Å². The van der Waals surface area contributed by atoms with E-state index in [4.69, 9.17) is 9.15 Å². The minimum Gasteiger partial charge on any atom is -0.490 e. The first kappa shape index (κ1) is 19.4. The van der Waals surface area contributed by atoms with Gasteiger partial charge in [-0.3, -0.25) is 20.4 Å². The van der Waals surface area contributed by atoms with Gasteiger partial charge in [0.15, 0.2) is 0 Å². The monoisotopic (exact) mass is 442 g/mol. The lowest BCUT2D eigenvalue weighted by atomic mass is 10.2. The fourth-order valence-corrected chi connectivity index (χ4v) is 2.74. The summed E-state index contributed by atoms with van der Waals surface area (Å²) in [6.45, 7) is 3.91. The highest BCUT2D eigenvalue weighted by atomic mass is 79.9. The van der Waals surface area contributed by atoms with Gasteiger partial charge in [0.05, 0.1) is 0 Å². The van der Waals surface area contributed by atoms with Crippen molar-refractivity contribution in [3.63, 3.8) is 0 Å².